The van der Waals surface area contributed by atoms with Crippen molar-refractivity contribution in [1.29, 1.82) is 0 Å². The van der Waals surface area contributed by atoms with E-state index in [2.05, 4.69) is 38.2 Å². The summed E-state index contributed by atoms with van der Waals surface area (Å²) in [6, 6.07) is 4.96. The first kappa shape index (κ1) is 17.9. The molecule has 0 spiro atoms. The van der Waals surface area contributed by atoms with Gasteiger partial charge in [0, 0.05) is 42.5 Å². The number of rotatable bonds is 6. The van der Waals surface area contributed by atoms with E-state index in [0.29, 0.717) is 18.3 Å². The molecule has 2 aliphatic rings. The number of anilines is 1. The van der Waals surface area contributed by atoms with E-state index in [-0.39, 0.29) is 12.1 Å². The molecule has 8 nitrogen and oxygen atoms in total. The van der Waals surface area contributed by atoms with Gasteiger partial charge < -0.3 is 25.3 Å². The van der Waals surface area contributed by atoms with Gasteiger partial charge in [-0.15, -0.1) is 0 Å². The molecule has 0 saturated heterocycles. The first-order valence-corrected chi connectivity index (χ1v) is 10.6. The topological polar surface area (TPSA) is 107 Å². The van der Waals surface area contributed by atoms with Crippen LogP contribution in [0.4, 0.5) is 5.69 Å². The maximum atomic E-state index is 6.02. The molecule has 6 rings (SSSR count). The Morgan fingerprint density at radius 1 is 1.23 bits per heavy atom. The number of imidazole rings is 1. The minimum Gasteiger partial charge on any atom is -0.386 e. The highest BCUT2D eigenvalue weighted by Crippen LogP contribution is 2.41. The van der Waals surface area contributed by atoms with Gasteiger partial charge >= 0.3 is 0 Å². The number of aromatic nitrogens is 5. The second-order valence-electron chi connectivity index (χ2n) is 8.39. The average Bonchev–Trinajstić information content (AvgIpc) is 3.37. The number of nitrogens with one attached hydrogen (secondary N) is 2. The van der Waals surface area contributed by atoms with Crippen molar-refractivity contribution in [3.63, 3.8) is 0 Å². The van der Waals surface area contributed by atoms with E-state index < -0.39 is 0 Å². The molecule has 30 heavy (non-hydrogen) atoms. The molecule has 4 aromatic rings. The third kappa shape index (κ3) is 2.86. The minimum atomic E-state index is 0.165. The number of H-pyrrole nitrogens is 1. The molecule has 2 fully saturated rings. The van der Waals surface area contributed by atoms with E-state index in [9.17, 15) is 0 Å². The predicted molar refractivity (Wildman–Crippen MR) is 116 cm³/mol. The summed E-state index contributed by atoms with van der Waals surface area (Å²) in [5.41, 5.74) is 12.7. The first-order valence-electron chi connectivity index (χ1n) is 10.6. The summed E-state index contributed by atoms with van der Waals surface area (Å²) in [7, 11) is 1.91. The summed E-state index contributed by atoms with van der Waals surface area (Å²) in [5, 5.41) is 4.35. The van der Waals surface area contributed by atoms with Gasteiger partial charge in [0.2, 0.25) is 0 Å². The summed E-state index contributed by atoms with van der Waals surface area (Å²) < 4.78 is 8.31. The molecule has 0 aromatic carbocycles. The zero-order chi connectivity index (χ0) is 20.2. The van der Waals surface area contributed by atoms with Crippen LogP contribution < -0.4 is 11.1 Å². The van der Waals surface area contributed by atoms with Gasteiger partial charge in [0.1, 0.15) is 11.2 Å². The zero-order valence-corrected chi connectivity index (χ0v) is 16.9. The molecule has 4 N–H and O–H groups in total. The Kier molecular flexibility index (Phi) is 4.04. The largest absolute Gasteiger partial charge is 0.386 e. The lowest BCUT2D eigenvalue weighted by Gasteiger charge is -2.33. The molecule has 154 valence electrons. The van der Waals surface area contributed by atoms with Gasteiger partial charge in [0.05, 0.1) is 30.4 Å². The second-order valence-corrected chi connectivity index (χ2v) is 8.39. The Morgan fingerprint density at radius 3 is 2.87 bits per heavy atom. The number of fused-ring (bicyclic) bond motifs is 2. The molecule has 0 bridgehead atoms. The lowest BCUT2D eigenvalue weighted by atomic mass is 9.90. The normalized spacial score (nSPS) is 21.3. The molecular weight excluding hydrogens is 378 g/mol. The lowest BCUT2D eigenvalue weighted by Crippen LogP contribution is -2.45. The van der Waals surface area contributed by atoms with Crippen LogP contribution in [0.3, 0.4) is 0 Å². The SMILES string of the molecule is CNc1cc(-c2cn(C3CC3)c3ncc(COC4CC[C@H]4N)cc23)nc2nc[nH]c12. The van der Waals surface area contributed by atoms with Crippen LogP contribution >= 0.6 is 0 Å². The van der Waals surface area contributed by atoms with Crippen molar-refractivity contribution in [3.05, 3.63) is 36.4 Å². The molecule has 8 heteroatoms. The quantitative estimate of drug-likeness (QED) is 0.456. The molecule has 0 aliphatic heterocycles. The van der Waals surface area contributed by atoms with Crippen molar-refractivity contribution in [2.75, 3.05) is 12.4 Å². The van der Waals surface area contributed by atoms with Crippen molar-refractivity contribution < 1.29 is 4.74 Å². The van der Waals surface area contributed by atoms with Crippen molar-refractivity contribution in [2.45, 2.75) is 50.5 Å². The zero-order valence-electron chi connectivity index (χ0n) is 16.9. The van der Waals surface area contributed by atoms with Crippen molar-refractivity contribution in [1.82, 2.24) is 24.5 Å². The number of ether oxygens (including phenoxy) is 1. The maximum absolute atomic E-state index is 6.02. The second kappa shape index (κ2) is 6.78. The molecule has 2 saturated carbocycles. The fraction of sp³-hybridized carbons (Fsp3) is 0.409. The molecule has 0 radical (unpaired) electrons. The van der Waals surface area contributed by atoms with E-state index >= 15 is 0 Å². The maximum Gasteiger partial charge on any atom is 0.180 e. The van der Waals surface area contributed by atoms with Crippen molar-refractivity contribution >= 4 is 27.9 Å². The van der Waals surface area contributed by atoms with Crippen LogP contribution in [-0.4, -0.2) is 43.7 Å². The van der Waals surface area contributed by atoms with Crippen LogP contribution in [0.15, 0.2) is 30.9 Å². The fourth-order valence-electron chi connectivity index (χ4n) is 4.25. The van der Waals surface area contributed by atoms with Crippen LogP contribution in [0.2, 0.25) is 0 Å². The molecular formula is C22H25N7O. The minimum absolute atomic E-state index is 0.165. The molecule has 0 amide bonds. The number of nitrogens with zero attached hydrogens (tertiary/aromatic N) is 4. The Morgan fingerprint density at radius 2 is 2.13 bits per heavy atom. The average molecular weight is 403 g/mol. The van der Waals surface area contributed by atoms with Crippen LogP contribution in [0.5, 0.6) is 0 Å². The lowest BCUT2D eigenvalue weighted by molar-refractivity contribution is -0.0246. The fourth-order valence-corrected chi connectivity index (χ4v) is 4.25. The van der Waals surface area contributed by atoms with Crippen LogP contribution in [0, 0.1) is 0 Å². The van der Waals surface area contributed by atoms with Crippen LogP contribution in [0.25, 0.3) is 33.5 Å². The first-order chi connectivity index (χ1) is 14.7. The van der Waals surface area contributed by atoms with E-state index in [4.69, 9.17) is 20.4 Å². The summed E-state index contributed by atoms with van der Waals surface area (Å²) in [6.07, 6.45) is 10.5. The van der Waals surface area contributed by atoms with E-state index in [1.54, 1.807) is 6.33 Å². The van der Waals surface area contributed by atoms with E-state index in [1.807, 2.05) is 13.2 Å². The molecule has 4 aromatic heterocycles. The van der Waals surface area contributed by atoms with Crippen molar-refractivity contribution in [2.24, 2.45) is 5.73 Å². The molecule has 1 unspecified atom stereocenters. The van der Waals surface area contributed by atoms with Gasteiger partial charge in [0.25, 0.3) is 0 Å². The van der Waals surface area contributed by atoms with Crippen LogP contribution in [-0.2, 0) is 11.3 Å². The highest BCUT2D eigenvalue weighted by molar-refractivity contribution is 5.97. The van der Waals surface area contributed by atoms with Crippen molar-refractivity contribution in [3.8, 4) is 11.3 Å². The highest BCUT2D eigenvalue weighted by Gasteiger charge is 2.29. The number of aromatic amines is 1. The van der Waals surface area contributed by atoms with Gasteiger partial charge in [-0.05, 0) is 43.4 Å². The number of nitrogens with two attached hydrogens (primary N) is 1. The third-order valence-electron chi connectivity index (χ3n) is 6.33. The van der Waals surface area contributed by atoms with Gasteiger partial charge in [-0.2, -0.15) is 0 Å². The smallest absolute Gasteiger partial charge is 0.180 e. The van der Waals surface area contributed by atoms with Gasteiger partial charge in [-0.1, -0.05) is 0 Å². The van der Waals surface area contributed by atoms with Gasteiger partial charge in [-0.25, -0.2) is 15.0 Å². The summed E-state index contributed by atoms with van der Waals surface area (Å²) >= 11 is 0. The summed E-state index contributed by atoms with van der Waals surface area (Å²) in [5.74, 6) is 0. The van der Waals surface area contributed by atoms with E-state index in [0.717, 1.165) is 51.9 Å². The van der Waals surface area contributed by atoms with Crippen LogP contribution in [0.1, 0.15) is 37.3 Å². The molecule has 2 atom stereocenters. The Labute approximate surface area is 173 Å². The summed E-state index contributed by atoms with van der Waals surface area (Å²) in [6.45, 7) is 0.531. The Bertz CT molecular complexity index is 1240. The summed E-state index contributed by atoms with van der Waals surface area (Å²) in [4.78, 5) is 17.2. The number of hydrogen-bond acceptors (Lipinski definition) is 6. The van der Waals surface area contributed by atoms with Gasteiger partial charge in [0.15, 0.2) is 5.65 Å². The Balaban J connectivity index is 1.44. The molecule has 4 heterocycles. The van der Waals surface area contributed by atoms with E-state index in [1.165, 1.54) is 12.8 Å². The third-order valence-corrected chi connectivity index (χ3v) is 6.33. The number of pyridine rings is 2. The standard InChI is InChI=1S/C22H25N7O/c1-24-18-7-17(28-21-20(18)26-11-27-21)15-9-29(13-2-3-13)22-14(15)6-12(8-25-22)10-30-19-5-4-16(19)23/h6-9,11,13,16,19H,2-5,10,23H2,1H3,(H2,24,26,27,28)/t16-,19?/m1/s1. The predicted octanol–water partition coefficient (Wildman–Crippen LogP) is 3.36. The highest BCUT2D eigenvalue weighted by atomic mass is 16.5. The van der Waals surface area contributed by atoms with Gasteiger partial charge in [-0.3, -0.25) is 0 Å². The Hall–Kier alpha value is -2.97. The molecule has 2 aliphatic carbocycles. The monoisotopic (exact) mass is 403 g/mol. The number of hydrogen-bond donors (Lipinski definition) is 3.